The Bertz CT molecular complexity index is 1300. The fourth-order valence-electron chi connectivity index (χ4n) is 4.52. The van der Waals surface area contributed by atoms with Crippen molar-refractivity contribution in [2.24, 2.45) is 11.8 Å². The van der Waals surface area contributed by atoms with Crippen LogP contribution in [0.15, 0.2) is 66.7 Å². The quantitative estimate of drug-likeness (QED) is 0.275. The third-order valence-corrected chi connectivity index (χ3v) is 6.09. The van der Waals surface area contributed by atoms with Crippen molar-refractivity contribution in [1.29, 1.82) is 0 Å². The monoisotopic (exact) mass is 496 g/mol. The molecule has 1 aromatic heterocycles. The van der Waals surface area contributed by atoms with Gasteiger partial charge in [0, 0.05) is 18.7 Å². The summed E-state index contributed by atoms with van der Waals surface area (Å²) in [6.45, 7) is 12.7. The van der Waals surface area contributed by atoms with Crippen molar-refractivity contribution < 1.29 is 4.79 Å². The van der Waals surface area contributed by atoms with Gasteiger partial charge in [0.2, 0.25) is 11.7 Å². The lowest BCUT2D eigenvalue weighted by Crippen LogP contribution is -2.32. The molecule has 4 aromatic rings. The zero-order chi connectivity index (χ0) is 26.4. The maximum Gasteiger partial charge on any atom is 0.228 e. The van der Waals surface area contributed by atoms with Gasteiger partial charge in [-0.25, -0.2) is 0 Å². The first-order valence-corrected chi connectivity index (χ1v) is 12.9. The Balaban J connectivity index is 1.74. The van der Waals surface area contributed by atoms with E-state index in [0.717, 1.165) is 46.7 Å². The molecule has 0 radical (unpaired) electrons. The second-order valence-electron chi connectivity index (χ2n) is 10.4. The molecule has 0 saturated heterocycles. The molecule has 0 aliphatic rings. The molecular formula is C30H36N6O. The Morgan fingerprint density at radius 3 is 2.22 bits per heavy atom. The summed E-state index contributed by atoms with van der Waals surface area (Å²) in [5.41, 5.74) is 6.83. The van der Waals surface area contributed by atoms with E-state index >= 15 is 0 Å². The lowest BCUT2D eigenvalue weighted by atomic mass is 9.97. The number of nitrogens with one attached hydrogen (secondary N) is 2. The normalized spacial score (nSPS) is 11.2. The number of aromatic amines is 1. The number of carbonyl (C=O) groups is 1. The van der Waals surface area contributed by atoms with Gasteiger partial charge in [-0.15, -0.1) is 10.2 Å². The van der Waals surface area contributed by atoms with Gasteiger partial charge in [-0.1, -0.05) is 87.9 Å². The molecule has 1 heterocycles. The van der Waals surface area contributed by atoms with E-state index in [1.165, 1.54) is 5.56 Å². The fourth-order valence-corrected chi connectivity index (χ4v) is 4.52. The molecule has 7 heteroatoms. The number of tetrazole rings is 1. The Hall–Kier alpha value is -4.00. The van der Waals surface area contributed by atoms with Crippen LogP contribution in [0.25, 0.3) is 22.5 Å². The summed E-state index contributed by atoms with van der Waals surface area (Å²) in [5, 5.41) is 17.9. The first kappa shape index (κ1) is 26.1. The van der Waals surface area contributed by atoms with E-state index in [1.54, 1.807) is 0 Å². The number of carbonyl (C=O) groups excluding carboxylic acids is 1. The smallest absolute Gasteiger partial charge is 0.228 e. The SMILES string of the molecule is Cc1ccc(CC(=O)Nc2cc(-c3ccccc3-c3nn[nH]n3)ccc2N(CC(C)C)CC(C)C)cc1. The standard InChI is InChI=1S/C30H36N6O/c1-20(2)18-36(19-21(3)4)28-15-14-24(25-8-6-7-9-26(25)30-32-34-35-33-30)17-27(28)31-29(37)16-23-12-10-22(5)11-13-23/h6-15,17,20-21H,16,18-19H2,1-5H3,(H,31,37)(H,32,33,34,35). The van der Waals surface area contributed by atoms with E-state index < -0.39 is 0 Å². The minimum atomic E-state index is -0.0391. The second-order valence-corrected chi connectivity index (χ2v) is 10.4. The van der Waals surface area contributed by atoms with E-state index in [1.807, 2.05) is 55.5 Å². The van der Waals surface area contributed by atoms with Gasteiger partial charge in [0.25, 0.3) is 0 Å². The molecule has 0 aliphatic heterocycles. The average molecular weight is 497 g/mol. The zero-order valence-electron chi connectivity index (χ0n) is 22.3. The molecule has 0 aliphatic carbocycles. The van der Waals surface area contributed by atoms with E-state index in [9.17, 15) is 4.79 Å². The number of aryl methyl sites for hydroxylation is 1. The molecule has 1 amide bonds. The molecule has 4 rings (SSSR count). The number of anilines is 2. The minimum Gasteiger partial charge on any atom is -0.369 e. The van der Waals surface area contributed by atoms with Crippen LogP contribution >= 0.6 is 0 Å². The largest absolute Gasteiger partial charge is 0.369 e. The number of hydrogen-bond acceptors (Lipinski definition) is 5. The molecule has 0 bridgehead atoms. The molecule has 0 unspecified atom stereocenters. The van der Waals surface area contributed by atoms with Crippen molar-refractivity contribution in [1.82, 2.24) is 20.6 Å². The highest BCUT2D eigenvalue weighted by Crippen LogP contribution is 2.36. The van der Waals surface area contributed by atoms with Crippen LogP contribution in [0.1, 0.15) is 38.8 Å². The number of nitrogens with zero attached hydrogens (tertiary/aromatic N) is 4. The summed E-state index contributed by atoms with van der Waals surface area (Å²) >= 11 is 0. The van der Waals surface area contributed by atoms with Crippen LogP contribution in [0.5, 0.6) is 0 Å². The summed E-state index contributed by atoms with van der Waals surface area (Å²) < 4.78 is 0. The molecule has 192 valence electrons. The van der Waals surface area contributed by atoms with E-state index in [4.69, 9.17) is 0 Å². The van der Waals surface area contributed by atoms with Crippen LogP contribution in [0.2, 0.25) is 0 Å². The van der Waals surface area contributed by atoms with Crippen molar-refractivity contribution in [3.8, 4) is 22.5 Å². The van der Waals surface area contributed by atoms with Gasteiger partial charge < -0.3 is 10.2 Å². The number of benzene rings is 3. The third-order valence-electron chi connectivity index (χ3n) is 6.09. The lowest BCUT2D eigenvalue weighted by molar-refractivity contribution is -0.115. The summed E-state index contributed by atoms with van der Waals surface area (Å²) in [6.07, 6.45) is 0.317. The first-order chi connectivity index (χ1) is 17.8. The zero-order valence-corrected chi connectivity index (χ0v) is 22.3. The van der Waals surface area contributed by atoms with Crippen molar-refractivity contribution in [3.05, 3.63) is 77.9 Å². The fraction of sp³-hybridized carbons (Fsp3) is 0.333. The van der Waals surface area contributed by atoms with E-state index in [0.29, 0.717) is 24.1 Å². The Kier molecular flexibility index (Phi) is 8.33. The molecule has 0 saturated carbocycles. The Morgan fingerprint density at radius 2 is 1.59 bits per heavy atom. The molecule has 7 nitrogen and oxygen atoms in total. The maximum atomic E-state index is 13.2. The average Bonchev–Trinajstić information content (AvgIpc) is 3.39. The van der Waals surface area contributed by atoms with Gasteiger partial charge in [-0.2, -0.15) is 5.21 Å². The summed E-state index contributed by atoms with van der Waals surface area (Å²) in [4.78, 5) is 15.6. The van der Waals surface area contributed by atoms with Gasteiger partial charge in [0.05, 0.1) is 17.8 Å². The molecule has 0 spiro atoms. The van der Waals surface area contributed by atoms with Gasteiger partial charge >= 0.3 is 0 Å². The van der Waals surface area contributed by atoms with Crippen LogP contribution in [0.4, 0.5) is 11.4 Å². The van der Waals surface area contributed by atoms with Crippen molar-refractivity contribution in [3.63, 3.8) is 0 Å². The van der Waals surface area contributed by atoms with Crippen LogP contribution in [-0.2, 0) is 11.2 Å². The third kappa shape index (κ3) is 6.82. The molecular weight excluding hydrogens is 460 g/mol. The van der Waals surface area contributed by atoms with Gasteiger partial charge in [0.15, 0.2) is 0 Å². The number of aromatic nitrogens is 4. The van der Waals surface area contributed by atoms with Crippen LogP contribution in [0.3, 0.4) is 0 Å². The number of hydrogen-bond donors (Lipinski definition) is 2. The Labute approximate surface area is 219 Å². The van der Waals surface area contributed by atoms with E-state index in [-0.39, 0.29) is 5.91 Å². The molecule has 0 fully saturated rings. The summed E-state index contributed by atoms with van der Waals surface area (Å²) in [5.74, 6) is 1.45. The maximum absolute atomic E-state index is 13.2. The van der Waals surface area contributed by atoms with E-state index in [2.05, 4.69) is 76.7 Å². The van der Waals surface area contributed by atoms with Crippen LogP contribution < -0.4 is 10.2 Å². The number of H-pyrrole nitrogens is 1. The molecule has 2 N–H and O–H groups in total. The number of amides is 1. The first-order valence-electron chi connectivity index (χ1n) is 12.9. The predicted octanol–water partition coefficient (Wildman–Crippen LogP) is 6.14. The lowest BCUT2D eigenvalue weighted by Gasteiger charge is -2.31. The van der Waals surface area contributed by atoms with Gasteiger partial charge in [-0.3, -0.25) is 4.79 Å². The Morgan fingerprint density at radius 1 is 0.919 bits per heavy atom. The van der Waals surface area contributed by atoms with Crippen LogP contribution in [0, 0.1) is 18.8 Å². The van der Waals surface area contributed by atoms with Crippen LogP contribution in [-0.4, -0.2) is 39.6 Å². The highest BCUT2D eigenvalue weighted by molar-refractivity contribution is 5.97. The highest BCUT2D eigenvalue weighted by atomic mass is 16.1. The van der Waals surface area contributed by atoms with Gasteiger partial charge in [0.1, 0.15) is 0 Å². The summed E-state index contributed by atoms with van der Waals surface area (Å²) in [7, 11) is 0. The van der Waals surface area contributed by atoms with Crippen molar-refractivity contribution in [2.45, 2.75) is 41.0 Å². The molecule has 3 aromatic carbocycles. The van der Waals surface area contributed by atoms with Gasteiger partial charge in [-0.05, 0) is 52.8 Å². The highest BCUT2D eigenvalue weighted by Gasteiger charge is 2.19. The van der Waals surface area contributed by atoms with Crippen molar-refractivity contribution >= 4 is 17.3 Å². The predicted molar refractivity (Wildman–Crippen MR) is 150 cm³/mol. The second kappa shape index (κ2) is 11.8. The van der Waals surface area contributed by atoms with Crippen molar-refractivity contribution in [2.75, 3.05) is 23.3 Å². The number of rotatable bonds is 10. The molecule has 37 heavy (non-hydrogen) atoms. The molecule has 0 atom stereocenters. The minimum absolute atomic E-state index is 0.0391. The summed E-state index contributed by atoms with van der Waals surface area (Å²) in [6, 6.07) is 22.4. The topological polar surface area (TPSA) is 86.8 Å².